The highest BCUT2D eigenvalue weighted by molar-refractivity contribution is 6.33. The van der Waals surface area contributed by atoms with E-state index in [4.69, 9.17) is 11.6 Å². The average molecular weight is 667 g/mol. The van der Waals surface area contributed by atoms with Gasteiger partial charge < -0.3 is 15.5 Å². The van der Waals surface area contributed by atoms with E-state index in [2.05, 4.69) is 25.5 Å². The Kier molecular flexibility index (Phi) is 8.34. The second-order valence-electron chi connectivity index (χ2n) is 12.9. The van der Waals surface area contributed by atoms with Crippen LogP contribution in [0.3, 0.4) is 0 Å². The second kappa shape index (κ2) is 12.2. The molecule has 246 valence electrons. The minimum atomic E-state index is -2.79. The molecular formula is C32H33ClF2N8O4. The first kappa shape index (κ1) is 32.3. The fourth-order valence-corrected chi connectivity index (χ4v) is 6.31. The van der Waals surface area contributed by atoms with E-state index in [1.54, 1.807) is 47.1 Å². The molecule has 2 aliphatic rings. The number of alkyl halides is 2. The summed E-state index contributed by atoms with van der Waals surface area (Å²) in [5.74, 6) is -0.226. The monoisotopic (exact) mass is 666 g/mol. The lowest BCUT2D eigenvalue weighted by Gasteiger charge is -2.35. The number of rotatable bonds is 9. The normalized spacial score (nSPS) is 19.9. The number of carbonyl (C=O) groups excluding carboxylic acids is 1. The van der Waals surface area contributed by atoms with Crippen LogP contribution in [0.2, 0.25) is 5.02 Å². The molecule has 0 bridgehead atoms. The van der Waals surface area contributed by atoms with Crippen LogP contribution in [0.5, 0.6) is 0 Å². The number of amides is 2. The Morgan fingerprint density at radius 2 is 1.87 bits per heavy atom. The number of carbonyl (C=O) groups is 2. The van der Waals surface area contributed by atoms with Crippen molar-refractivity contribution < 1.29 is 28.6 Å². The van der Waals surface area contributed by atoms with Crippen LogP contribution >= 0.6 is 11.6 Å². The van der Waals surface area contributed by atoms with Gasteiger partial charge in [-0.2, -0.15) is 19.0 Å². The van der Waals surface area contributed by atoms with E-state index in [9.17, 15) is 28.6 Å². The zero-order valence-electron chi connectivity index (χ0n) is 25.8. The van der Waals surface area contributed by atoms with Gasteiger partial charge in [0.15, 0.2) is 5.82 Å². The first-order chi connectivity index (χ1) is 22.3. The molecule has 47 heavy (non-hydrogen) atoms. The van der Waals surface area contributed by atoms with Crippen LogP contribution in [0.15, 0.2) is 66.2 Å². The smallest absolute Gasteiger partial charge is 0.434 e. The third kappa shape index (κ3) is 6.22. The predicted molar refractivity (Wildman–Crippen MR) is 169 cm³/mol. The molecule has 1 unspecified atom stereocenters. The first-order valence-electron chi connectivity index (χ1n) is 15.0. The standard InChI is InChI=1S/C32H33ClF2N8O4/c1-31(2,3)16-32(21-7-4-18(5-8-21)20-13-37-41(14-20)28(34)35)27(45)42(29(40-32)39-30(46)47)25(15-44)19-6-11-24(33)23(12-19)26-36-17-38-43(26)22-9-10-22/h4-8,11-14,17,22,25,28,44H,9-10,15-16H2,1-3H3,(H,39,40)(H,46,47)/t25-,32?/m1/s1. The third-order valence-electron chi connectivity index (χ3n) is 8.21. The minimum absolute atomic E-state index is 0.212. The summed E-state index contributed by atoms with van der Waals surface area (Å²) in [6, 6.07) is 10.9. The Hall–Kier alpha value is -4.69. The molecule has 3 N–H and O–H groups in total. The lowest BCUT2D eigenvalue weighted by Crippen LogP contribution is -2.47. The molecule has 2 fully saturated rings. The summed E-state index contributed by atoms with van der Waals surface area (Å²) in [4.78, 5) is 36.1. The molecule has 0 radical (unpaired) electrons. The van der Waals surface area contributed by atoms with Gasteiger partial charge in [-0.3, -0.25) is 9.69 Å². The number of guanidine groups is 1. The number of nitrogens with one attached hydrogen (secondary N) is 1. The highest BCUT2D eigenvalue weighted by atomic mass is 35.5. The Labute approximate surface area is 273 Å². The molecular weight excluding hydrogens is 634 g/mol. The number of aliphatic hydroxyl groups is 1. The fourth-order valence-electron chi connectivity index (χ4n) is 6.11. The predicted octanol–water partition coefficient (Wildman–Crippen LogP) is 6.02. The summed E-state index contributed by atoms with van der Waals surface area (Å²) in [7, 11) is 0. The van der Waals surface area contributed by atoms with Crippen LogP contribution < -0.4 is 5.32 Å². The van der Waals surface area contributed by atoms with Gasteiger partial charge >= 0.3 is 12.6 Å². The lowest BCUT2D eigenvalue weighted by atomic mass is 9.75. The molecule has 3 heterocycles. The maximum atomic E-state index is 14.8. The summed E-state index contributed by atoms with van der Waals surface area (Å²) < 4.78 is 28.6. The third-order valence-corrected chi connectivity index (χ3v) is 8.54. The molecule has 6 rings (SSSR count). The average Bonchev–Trinajstić information content (AvgIpc) is 3.41. The molecule has 2 amide bonds. The van der Waals surface area contributed by atoms with Crippen molar-refractivity contribution in [3.05, 3.63) is 77.3 Å². The SMILES string of the molecule is CC(C)(C)CC1(c2ccc(-c3cnn(C(F)F)c3)cc2)NC(=NC(=O)O)N([C@H](CO)c2ccc(Cl)c(-c3ncnn3C3CC3)c2)C1=O. The molecule has 1 saturated carbocycles. The Morgan fingerprint density at radius 3 is 2.47 bits per heavy atom. The summed E-state index contributed by atoms with van der Waals surface area (Å²) in [5, 5.41) is 32.1. The quantitative estimate of drug-likeness (QED) is 0.196. The van der Waals surface area contributed by atoms with Crippen molar-refractivity contribution in [3.8, 4) is 22.5 Å². The van der Waals surface area contributed by atoms with Crippen molar-refractivity contribution in [2.75, 3.05) is 6.61 Å². The molecule has 1 aliphatic carbocycles. The second-order valence-corrected chi connectivity index (χ2v) is 13.3. The van der Waals surface area contributed by atoms with Crippen LogP contribution in [-0.4, -0.2) is 64.2 Å². The molecule has 15 heteroatoms. The molecule has 4 aromatic rings. The van der Waals surface area contributed by atoms with Crippen molar-refractivity contribution in [3.63, 3.8) is 0 Å². The van der Waals surface area contributed by atoms with Gasteiger partial charge in [-0.05, 0) is 53.5 Å². The number of aliphatic imine (C=N–C) groups is 1. The van der Waals surface area contributed by atoms with E-state index in [0.717, 1.165) is 12.8 Å². The van der Waals surface area contributed by atoms with Gasteiger partial charge in [-0.15, -0.1) is 4.99 Å². The topological polar surface area (TPSA) is 151 Å². The number of hydrogen-bond acceptors (Lipinski definition) is 6. The van der Waals surface area contributed by atoms with E-state index in [0.29, 0.717) is 43.3 Å². The van der Waals surface area contributed by atoms with E-state index < -0.39 is 42.2 Å². The van der Waals surface area contributed by atoms with Crippen LogP contribution in [0.1, 0.15) is 69.8 Å². The van der Waals surface area contributed by atoms with Crippen LogP contribution in [0.25, 0.3) is 22.5 Å². The van der Waals surface area contributed by atoms with E-state index in [-0.39, 0.29) is 18.4 Å². The first-order valence-corrected chi connectivity index (χ1v) is 15.4. The number of carboxylic acid groups (broad SMARTS) is 1. The van der Waals surface area contributed by atoms with Crippen LogP contribution in [0.4, 0.5) is 13.6 Å². The van der Waals surface area contributed by atoms with Crippen molar-refractivity contribution in [2.24, 2.45) is 10.4 Å². The van der Waals surface area contributed by atoms with E-state index in [1.165, 1.54) is 23.6 Å². The molecule has 2 aromatic carbocycles. The van der Waals surface area contributed by atoms with Gasteiger partial charge in [0.05, 0.1) is 29.9 Å². The molecule has 0 spiro atoms. The number of hydrogen-bond donors (Lipinski definition) is 3. The lowest BCUT2D eigenvalue weighted by molar-refractivity contribution is -0.134. The number of halogens is 3. The highest BCUT2D eigenvalue weighted by Crippen LogP contribution is 2.44. The highest BCUT2D eigenvalue weighted by Gasteiger charge is 2.55. The maximum absolute atomic E-state index is 14.8. The number of aliphatic hydroxyl groups excluding tert-OH is 1. The zero-order valence-corrected chi connectivity index (χ0v) is 26.6. The largest absolute Gasteiger partial charge is 0.463 e. The Morgan fingerprint density at radius 1 is 1.15 bits per heavy atom. The molecule has 1 saturated heterocycles. The van der Waals surface area contributed by atoms with Gasteiger partial charge in [0, 0.05) is 17.3 Å². The number of aromatic nitrogens is 5. The van der Waals surface area contributed by atoms with Crippen molar-refractivity contribution >= 4 is 29.6 Å². The van der Waals surface area contributed by atoms with Crippen molar-refractivity contribution in [2.45, 2.75) is 64.2 Å². The Bertz CT molecular complexity index is 1850. The Balaban J connectivity index is 1.43. The molecule has 2 aromatic heterocycles. The summed E-state index contributed by atoms with van der Waals surface area (Å²) in [5.41, 5.74) is 0.618. The number of nitrogens with zero attached hydrogens (tertiary/aromatic N) is 7. The van der Waals surface area contributed by atoms with E-state index >= 15 is 0 Å². The summed E-state index contributed by atoms with van der Waals surface area (Å²) >= 11 is 6.61. The molecule has 1 aliphatic heterocycles. The van der Waals surface area contributed by atoms with Gasteiger partial charge in [0.25, 0.3) is 5.91 Å². The van der Waals surface area contributed by atoms with Gasteiger partial charge in [0.1, 0.15) is 11.9 Å². The van der Waals surface area contributed by atoms with Crippen molar-refractivity contribution in [1.82, 2.24) is 34.8 Å². The zero-order chi connectivity index (χ0) is 33.7. The van der Waals surface area contributed by atoms with Gasteiger partial charge in [-0.1, -0.05) is 62.7 Å². The van der Waals surface area contributed by atoms with E-state index in [1.807, 2.05) is 20.8 Å². The minimum Gasteiger partial charge on any atom is -0.463 e. The summed E-state index contributed by atoms with van der Waals surface area (Å²) in [6.07, 6.45) is 4.60. The molecule has 12 nitrogen and oxygen atoms in total. The van der Waals surface area contributed by atoms with Gasteiger partial charge in [0.2, 0.25) is 5.96 Å². The van der Waals surface area contributed by atoms with Gasteiger partial charge in [-0.25, -0.2) is 19.1 Å². The summed E-state index contributed by atoms with van der Waals surface area (Å²) in [6.45, 7) is 2.47. The van der Waals surface area contributed by atoms with Crippen molar-refractivity contribution in [1.29, 1.82) is 0 Å². The fraction of sp³-hybridized carbons (Fsp3) is 0.375. The van der Waals surface area contributed by atoms with Crippen LogP contribution in [-0.2, 0) is 10.3 Å². The molecule has 2 atom stereocenters. The maximum Gasteiger partial charge on any atom is 0.434 e. The number of benzene rings is 2. The van der Waals surface area contributed by atoms with Crippen LogP contribution in [0, 0.1) is 5.41 Å².